The Morgan fingerprint density at radius 1 is 1.45 bits per heavy atom. The molecule has 2 aromatic rings. The molecule has 1 atom stereocenters. The van der Waals surface area contributed by atoms with Crippen molar-refractivity contribution in [3.05, 3.63) is 42.0 Å². The van der Waals surface area contributed by atoms with Crippen LogP contribution in [0.5, 0.6) is 0 Å². The maximum absolute atomic E-state index is 12.1. The fraction of sp³-hybridized carbons (Fsp3) is 0.385. The van der Waals surface area contributed by atoms with Crippen molar-refractivity contribution >= 4 is 5.91 Å². The van der Waals surface area contributed by atoms with Gasteiger partial charge in [0.1, 0.15) is 0 Å². The lowest BCUT2D eigenvalue weighted by Gasteiger charge is -2.26. The van der Waals surface area contributed by atoms with Crippen molar-refractivity contribution in [1.29, 1.82) is 0 Å². The second-order valence-corrected chi connectivity index (χ2v) is 4.87. The molecule has 0 aromatic carbocycles. The lowest BCUT2D eigenvalue weighted by Crippen LogP contribution is -2.43. The molecule has 0 spiro atoms. The summed E-state index contributed by atoms with van der Waals surface area (Å²) in [5, 5.41) is 14.0. The molecule has 20 heavy (non-hydrogen) atoms. The van der Waals surface area contributed by atoms with Gasteiger partial charge in [0, 0.05) is 25.5 Å². The zero-order valence-electron chi connectivity index (χ0n) is 11.2. The van der Waals surface area contributed by atoms with Gasteiger partial charge in [0.2, 0.25) is 0 Å². The highest BCUT2D eigenvalue weighted by Crippen LogP contribution is 2.12. The van der Waals surface area contributed by atoms with Gasteiger partial charge in [-0.2, -0.15) is 0 Å². The van der Waals surface area contributed by atoms with E-state index in [4.69, 9.17) is 0 Å². The minimum atomic E-state index is -0.215. The van der Waals surface area contributed by atoms with Crippen molar-refractivity contribution < 1.29 is 4.79 Å². The minimum Gasteiger partial charge on any atom is -0.344 e. The number of carbonyl (C=O) groups excluding carboxylic acids is 1. The first-order chi connectivity index (χ1) is 9.74. The van der Waals surface area contributed by atoms with Gasteiger partial charge in [-0.25, -0.2) is 4.68 Å². The lowest BCUT2D eigenvalue weighted by atomic mass is 10.1. The van der Waals surface area contributed by atoms with E-state index in [1.807, 2.05) is 19.1 Å². The lowest BCUT2D eigenvalue weighted by molar-refractivity contribution is 0.0934. The molecule has 3 heterocycles. The molecule has 0 saturated carbocycles. The van der Waals surface area contributed by atoms with Crippen LogP contribution in [0.3, 0.4) is 0 Å². The Balaban J connectivity index is 1.65. The summed E-state index contributed by atoms with van der Waals surface area (Å²) in [6, 6.07) is 3.96. The Hall–Kier alpha value is -2.28. The molecule has 0 radical (unpaired) electrons. The molecule has 1 aliphatic rings. The Labute approximate surface area is 116 Å². The highest BCUT2D eigenvalue weighted by atomic mass is 16.2. The molecule has 1 fully saturated rings. The van der Waals surface area contributed by atoms with E-state index in [2.05, 4.69) is 25.9 Å². The molecule has 0 aliphatic carbocycles. The number of aromatic nitrogens is 4. The molecule has 2 N–H and O–H groups in total. The number of hydrogen-bond donors (Lipinski definition) is 2. The van der Waals surface area contributed by atoms with Crippen LogP contribution in [0.4, 0.5) is 0 Å². The van der Waals surface area contributed by atoms with Crippen LogP contribution < -0.4 is 10.6 Å². The Bertz CT molecular complexity index is 592. The smallest absolute Gasteiger partial charge is 0.273 e. The summed E-state index contributed by atoms with van der Waals surface area (Å²) in [5.41, 5.74) is 1.35. The van der Waals surface area contributed by atoms with Crippen LogP contribution in [-0.4, -0.2) is 39.0 Å². The first-order valence-electron chi connectivity index (χ1n) is 6.57. The van der Waals surface area contributed by atoms with Gasteiger partial charge < -0.3 is 10.6 Å². The number of pyridine rings is 1. The topological polar surface area (TPSA) is 84.7 Å². The number of nitrogens with zero attached hydrogens (tertiary/aromatic N) is 4. The van der Waals surface area contributed by atoms with Crippen LogP contribution in [0, 0.1) is 0 Å². The number of carbonyl (C=O) groups is 1. The van der Waals surface area contributed by atoms with Gasteiger partial charge in [0.05, 0.1) is 18.3 Å². The van der Waals surface area contributed by atoms with Crippen LogP contribution in [0.1, 0.15) is 35.1 Å². The second kappa shape index (κ2) is 5.38. The Morgan fingerprint density at radius 3 is 2.85 bits per heavy atom. The summed E-state index contributed by atoms with van der Waals surface area (Å²) in [6.45, 7) is 3.67. The largest absolute Gasteiger partial charge is 0.344 e. The fourth-order valence-corrected chi connectivity index (χ4v) is 2.03. The molecule has 7 heteroatoms. The summed E-state index contributed by atoms with van der Waals surface area (Å²) < 4.78 is 1.74. The maximum atomic E-state index is 12.1. The van der Waals surface area contributed by atoms with Crippen LogP contribution in [0.25, 0.3) is 0 Å². The first kappa shape index (κ1) is 12.7. The van der Waals surface area contributed by atoms with Gasteiger partial charge in [0.15, 0.2) is 5.69 Å². The van der Waals surface area contributed by atoms with E-state index in [0.717, 1.165) is 18.7 Å². The third-order valence-corrected chi connectivity index (χ3v) is 3.43. The molecule has 104 valence electrons. The summed E-state index contributed by atoms with van der Waals surface area (Å²) in [7, 11) is 0. The van der Waals surface area contributed by atoms with Crippen LogP contribution >= 0.6 is 0 Å². The predicted molar refractivity (Wildman–Crippen MR) is 72.0 cm³/mol. The van der Waals surface area contributed by atoms with E-state index in [1.54, 1.807) is 23.3 Å². The average molecular weight is 272 g/mol. The molecule has 7 nitrogen and oxygen atoms in total. The number of nitrogens with one attached hydrogen (secondary N) is 2. The van der Waals surface area contributed by atoms with Gasteiger partial charge in [0.25, 0.3) is 5.91 Å². The van der Waals surface area contributed by atoms with E-state index in [1.165, 1.54) is 0 Å². The summed E-state index contributed by atoms with van der Waals surface area (Å²) in [6.07, 6.45) is 5.11. The van der Waals surface area contributed by atoms with Crippen LogP contribution in [0.2, 0.25) is 0 Å². The molecule has 1 unspecified atom stereocenters. The van der Waals surface area contributed by atoms with Crippen molar-refractivity contribution in [3.8, 4) is 0 Å². The summed E-state index contributed by atoms with van der Waals surface area (Å²) >= 11 is 0. The SMILES string of the molecule is CC(NC(=O)c1cn(C2CNC2)nn1)c1ccncc1. The van der Waals surface area contributed by atoms with Crippen LogP contribution in [-0.2, 0) is 0 Å². The zero-order valence-corrected chi connectivity index (χ0v) is 11.2. The molecule has 1 amide bonds. The van der Waals surface area contributed by atoms with E-state index in [-0.39, 0.29) is 11.9 Å². The second-order valence-electron chi connectivity index (χ2n) is 4.87. The van der Waals surface area contributed by atoms with E-state index < -0.39 is 0 Å². The Morgan fingerprint density at radius 2 is 2.20 bits per heavy atom. The molecule has 1 aliphatic heterocycles. The quantitative estimate of drug-likeness (QED) is 0.836. The molecule has 3 rings (SSSR count). The van der Waals surface area contributed by atoms with Crippen molar-refractivity contribution in [2.24, 2.45) is 0 Å². The minimum absolute atomic E-state index is 0.0963. The van der Waals surface area contributed by atoms with E-state index >= 15 is 0 Å². The van der Waals surface area contributed by atoms with Crippen molar-refractivity contribution in [1.82, 2.24) is 30.6 Å². The average Bonchev–Trinajstić information content (AvgIpc) is 2.87. The number of amides is 1. The predicted octanol–water partition coefficient (Wildman–Crippen LogP) is 0.308. The van der Waals surface area contributed by atoms with Gasteiger partial charge >= 0.3 is 0 Å². The molecular weight excluding hydrogens is 256 g/mol. The van der Waals surface area contributed by atoms with Gasteiger partial charge in [-0.1, -0.05) is 5.21 Å². The molecular formula is C13H16N6O. The third-order valence-electron chi connectivity index (χ3n) is 3.43. The molecule has 2 aromatic heterocycles. The fourth-order valence-electron chi connectivity index (χ4n) is 2.03. The first-order valence-corrected chi connectivity index (χ1v) is 6.57. The highest BCUT2D eigenvalue weighted by Gasteiger charge is 2.22. The van der Waals surface area contributed by atoms with Gasteiger partial charge in [-0.15, -0.1) is 5.10 Å². The normalized spacial score (nSPS) is 16.4. The maximum Gasteiger partial charge on any atom is 0.273 e. The van der Waals surface area contributed by atoms with Crippen molar-refractivity contribution in [2.75, 3.05) is 13.1 Å². The van der Waals surface area contributed by atoms with Gasteiger partial charge in [-0.3, -0.25) is 9.78 Å². The Kier molecular flexibility index (Phi) is 3.42. The van der Waals surface area contributed by atoms with E-state index in [9.17, 15) is 4.79 Å². The third kappa shape index (κ3) is 2.53. The summed E-state index contributed by atoms with van der Waals surface area (Å²) in [5.74, 6) is -0.215. The molecule has 1 saturated heterocycles. The highest BCUT2D eigenvalue weighted by molar-refractivity contribution is 5.92. The number of hydrogen-bond acceptors (Lipinski definition) is 5. The standard InChI is InChI=1S/C13H16N6O/c1-9(10-2-4-14-5-3-10)16-13(20)12-8-19(18-17-12)11-6-15-7-11/h2-5,8-9,11,15H,6-7H2,1H3,(H,16,20). The van der Waals surface area contributed by atoms with Gasteiger partial charge in [-0.05, 0) is 24.6 Å². The van der Waals surface area contributed by atoms with E-state index in [0.29, 0.717) is 11.7 Å². The van der Waals surface area contributed by atoms with Crippen LogP contribution in [0.15, 0.2) is 30.7 Å². The van der Waals surface area contributed by atoms with Crippen molar-refractivity contribution in [2.45, 2.75) is 19.0 Å². The monoisotopic (exact) mass is 272 g/mol. The van der Waals surface area contributed by atoms with Crippen molar-refractivity contribution in [3.63, 3.8) is 0 Å². The number of rotatable bonds is 4. The zero-order chi connectivity index (χ0) is 13.9. The summed E-state index contributed by atoms with van der Waals surface area (Å²) in [4.78, 5) is 16.1. The molecule has 0 bridgehead atoms.